The van der Waals surface area contributed by atoms with E-state index in [2.05, 4.69) is 10.6 Å². The molecule has 0 saturated heterocycles. The predicted molar refractivity (Wildman–Crippen MR) is 134 cm³/mol. The molecule has 0 aliphatic rings. The molecular weight excluding hydrogens is 431 g/mol. The number of anilines is 4. The molecule has 0 atom stereocenters. The van der Waals surface area contributed by atoms with Crippen molar-refractivity contribution < 1.29 is 13.9 Å². The third-order valence-electron chi connectivity index (χ3n) is 5.31. The standard InChI is InChI=1S/C27H21FN4O2/c28-18-6-5-7-20(14-18)31-27(33)34-16-17-12-19(29)15-21(13-17)30-26-22-8-1-3-10-24(22)32-25-11-4-2-9-23(25)26/h1-15H,16,29H2,(H,30,32)(H,31,33). The number of aromatic nitrogens is 1. The molecule has 0 saturated carbocycles. The number of nitrogens with two attached hydrogens (primary N) is 1. The maximum atomic E-state index is 13.3. The fourth-order valence-corrected chi connectivity index (χ4v) is 3.86. The number of hydrogen-bond donors (Lipinski definition) is 3. The summed E-state index contributed by atoms with van der Waals surface area (Å²) in [7, 11) is 0. The van der Waals surface area contributed by atoms with Crippen LogP contribution in [-0.2, 0) is 11.3 Å². The van der Waals surface area contributed by atoms with Gasteiger partial charge in [-0.1, -0.05) is 42.5 Å². The monoisotopic (exact) mass is 452 g/mol. The van der Waals surface area contributed by atoms with E-state index in [9.17, 15) is 9.18 Å². The maximum Gasteiger partial charge on any atom is 0.411 e. The normalized spacial score (nSPS) is 10.9. The minimum absolute atomic E-state index is 0.00128. The summed E-state index contributed by atoms with van der Waals surface area (Å²) in [5.74, 6) is -0.444. The maximum absolute atomic E-state index is 13.3. The number of ether oxygens (including phenoxy) is 1. The van der Waals surface area contributed by atoms with E-state index in [1.165, 1.54) is 18.2 Å². The lowest BCUT2D eigenvalue weighted by molar-refractivity contribution is 0.155. The number of carbonyl (C=O) groups excluding carboxylic acids is 1. The fraction of sp³-hybridized carbons (Fsp3) is 0.0370. The number of rotatable bonds is 5. The number of para-hydroxylation sites is 2. The van der Waals surface area contributed by atoms with Crippen LogP contribution in [0.1, 0.15) is 5.56 Å². The molecule has 0 fully saturated rings. The van der Waals surface area contributed by atoms with Crippen molar-refractivity contribution in [2.45, 2.75) is 6.61 Å². The van der Waals surface area contributed by atoms with E-state index < -0.39 is 11.9 Å². The Labute approximate surface area is 195 Å². The number of hydrogen-bond acceptors (Lipinski definition) is 5. The number of benzene rings is 4. The number of nitrogens with zero attached hydrogens (tertiary/aromatic N) is 1. The van der Waals surface area contributed by atoms with Crippen molar-refractivity contribution in [3.05, 3.63) is 102 Å². The number of fused-ring (bicyclic) bond motifs is 2. The molecule has 0 aliphatic carbocycles. The lowest BCUT2D eigenvalue weighted by atomic mass is 10.1. The Balaban J connectivity index is 1.39. The van der Waals surface area contributed by atoms with E-state index in [-0.39, 0.29) is 6.61 Å². The number of halogens is 1. The highest BCUT2D eigenvalue weighted by Gasteiger charge is 2.11. The molecular formula is C27H21FN4O2. The highest BCUT2D eigenvalue weighted by Crippen LogP contribution is 2.33. The van der Waals surface area contributed by atoms with Gasteiger partial charge in [0, 0.05) is 27.8 Å². The van der Waals surface area contributed by atoms with Crippen LogP contribution in [0.2, 0.25) is 0 Å². The predicted octanol–water partition coefficient (Wildman–Crippen LogP) is 6.60. The number of amides is 1. The molecule has 1 aromatic heterocycles. The van der Waals surface area contributed by atoms with Gasteiger partial charge in [0.1, 0.15) is 12.4 Å². The molecule has 7 heteroatoms. The minimum Gasteiger partial charge on any atom is -0.444 e. The van der Waals surface area contributed by atoms with Crippen molar-refractivity contribution in [3.8, 4) is 0 Å². The Morgan fingerprint density at radius 1 is 0.853 bits per heavy atom. The zero-order valence-electron chi connectivity index (χ0n) is 18.1. The number of nitrogen functional groups attached to an aromatic ring is 1. The molecule has 0 aliphatic heterocycles. The molecule has 34 heavy (non-hydrogen) atoms. The molecule has 0 radical (unpaired) electrons. The molecule has 5 rings (SSSR count). The van der Waals surface area contributed by atoms with Gasteiger partial charge in [-0.25, -0.2) is 14.2 Å². The molecule has 4 N–H and O–H groups in total. The topological polar surface area (TPSA) is 89.3 Å². The highest BCUT2D eigenvalue weighted by atomic mass is 19.1. The Bertz CT molecular complexity index is 1470. The SMILES string of the molecule is Nc1cc(COC(=O)Nc2cccc(F)c2)cc(Nc2c3ccccc3nc3ccccc23)c1. The fourth-order valence-electron chi connectivity index (χ4n) is 3.86. The van der Waals surface area contributed by atoms with Crippen molar-refractivity contribution in [1.82, 2.24) is 4.98 Å². The summed E-state index contributed by atoms with van der Waals surface area (Å²) >= 11 is 0. The molecule has 6 nitrogen and oxygen atoms in total. The molecule has 5 aromatic rings. The smallest absolute Gasteiger partial charge is 0.411 e. The number of carbonyl (C=O) groups is 1. The summed E-state index contributed by atoms with van der Waals surface area (Å²) in [5.41, 5.74) is 11.1. The summed E-state index contributed by atoms with van der Waals surface area (Å²) in [6.07, 6.45) is -0.686. The van der Waals surface area contributed by atoms with E-state index >= 15 is 0 Å². The van der Waals surface area contributed by atoms with E-state index in [1.54, 1.807) is 12.1 Å². The van der Waals surface area contributed by atoms with Crippen LogP contribution in [0, 0.1) is 5.82 Å². The Kier molecular flexibility index (Phi) is 5.66. The molecule has 0 unspecified atom stereocenters. The van der Waals surface area contributed by atoms with Gasteiger partial charge in [0.2, 0.25) is 0 Å². The summed E-state index contributed by atoms with van der Waals surface area (Å²) in [4.78, 5) is 16.9. The number of nitrogens with one attached hydrogen (secondary N) is 2. The van der Waals surface area contributed by atoms with Crippen LogP contribution in [0.5, 0.6) is 0 Å². The Morgan fingerprint density at radius 2 is 1.56 bits per heavy atom. The average molecular weight is 452 g/mol. The molecule has 168 valence electrons. The van der Waals surface area contributed by atoms with Crippen LogP contribution in [0.15, 0.2) is 91.0 Å². The van der Waals surface area contributed by atoms with Crippen molar-refractivity contribution in [3.63, 3.8) is 0 Å². The van der Waals surface area contributed by atoms with Gasteiger partial charge in [-0.3, -0.25) is 5.32 Å². The van der Waals surface area contributed by atoms with Gasteiger partial charge in [0.25, 0.3) is 0 Å². The third-order valence-corrected chi connectivity index (χ3v) is 5.31. The second kappa shape index (κ2) is 9.07. The molecule has 1 heterocycles. The lowest BCUT2D eigenvalue weighted by Crippen LogP contribution is -2.13. The van der Waals surface area contributed by atoms with Gasteiger partial charge < -0.3 is 15.8 Å². The molecule has 0 spiro atoms. The summed E-state index contributed by atoms with van der Waals surface area (Å²) < 4.78 is 18.6. The van der Waals surface area contributed by atoms with E-state index in [0.29, 0.717) is 16.9 Å². The van der Waals surface area contributed by atoms with Gasteiger partial charge in [-0.15, -0.1) is 0 Å². The molecule has 0 bridgehead atoms. The Hall–Kier alpha value is -4.65. The summed E-state index contributed by atoms with van der Waals surface area (Å²) in [6, 6.07) is 26.9. The van der Waals surface area contributed by atoms with Gasteiger partial charge >= 0.3 is 6.09 Å². The van der Waals surface area contributed by atoms with E-state index in [1.807, 2.05) is 60.7 Å². The molecule has 4 aromatic carbocycles. The van der Waals surface area contributed by atoms with Gasteiger partial charge in [0.05, 0.1) is 16.7 Å². The second-order valence-electron chi connectivity index (χ2n) is 7.82. The van der Waals surface area contributed by atoms with Crippen molar-refractivity contribution >= 4 is 50.6 Å². The largest absolute Gasteiger partial charge is 0.444 e. The van der Waals surface area contributed by atoms with Crippen molar-refractivity contribution in [2.24, 2.45) is 0 Å². The first-order valence-corrected chi connectivity index (χ1v) is 10.7. The zero-order chi connectivity index (χ0) is 23.5. The van der Waals surface area contributed by atoms with Crippen LogP contribution in [0.4, 0.5) is 31.9 Å². The highest BCUT2D eigenvalue weighted by molar-refractivity contribution is 6.08. The van der Waals surface area contributed by atoms with Gasteiger partial charge in [0.15, 0.2) is 0 Å². The van der Waals surface area contributed by atoms with E-state index in [4.69, 9.17) is 15.5 Å². The van der Waals surface area contributed by atoms with Crippen LogP contribution in [0.25, 0.3) is 21.8 Å². The average Bonchev–Trinajstić information content (AvgIpc) is 2.82. The quantitative estimate of drug-likeness (QED) is 0.206. The zero-order valence-corrected chi connectivity index (χ0v) is 18.1. The summed E-state index contributed by atoms with van der Waals surface area (Å²) in [6.45, 7) is -0.00128. The number of pyridine rings is 1. The van der Waals surface area contributed by atoms with Crippen LogP contribution in [0.3, 0.4) is 0 Å². The van der Waals surface area contributed by atoms with Crippen LogP contribution < -0.4 is 16.4 Å². The first-order valence-electron chi connectivity index (χ1n) is 10.7. The third kappa shape index (κ3) is 4.59. The second-order valence-corrected chi connectivity index (χ2v) is 7.82. The van der Waals surface area contributed by atoms with Crippen LogP contribution >= 0.6 is 0 Å². The van der Waals surface area contributed by atoms with Crippen molar-refractivity contribution in [2.75, 3.05) is 16.4 Å². The lowest BCUT2D eigenvalue weighted by Gasteiger charge is -2.15. The Morgan fingerprint density at radius 3 is 2.26 bits per heavy atom. The van der Waals surface area contributed by atoms with Gasteiger partial charge in [-0.05, 0) is 54.1 Å². The van der Waals surface area contributed by atoms with Crippen molar-refractivity contribution in [1.29, 1.82) is 0 Å². The van der Waals surface area contributed by atoms with Gasteiger partial charge in [-0.2, -0.15) is 0 Å². The molecule has 1 amide bonds. The van der Waals surface area contributed by atoms with E-state index in [0.717, 1.165) is 33.2 Å². The first kappa shape index (κ1) is 21.2. The minimum atomic E-state index is -0.686. The summed E-state index contributed by atoms with van der Waals surface area (Å²) in [5, 5.41) is 7.96. The first-order chi connectivity index (χ1) is 16.5. The van der Waals surface area contributed by atoms with Crippen LogP contribution in [-0.4, -0.2) is 11.1 Å².